The summed E-state index contributed by atoms with van der Waals surface area (Å²) in [6.07, 6.45) is 3.81. The standard InChI is InChI=1S/C15H15ClS/c1-10-5-7-11(8-6-10)15(16)14-9-12-3-2-4-13(12)17-14/h5-9,15H,2-4H2,1H3. The lowest BCUT2D eigenvalue weighted by atomic mass is 10.1. The Hall–Kier alpha value is -0.790. The molecule has 0 aliphatic heterocycles. The molecular formula is C15H15ClS. The van der Waals surface area contributed by atoms with Crippen LogP contribution in [-0.4, -0.2) is 0 Å². The smallest absolute Gasteiger partial charge is 0.0927 e. The maximum absolute atomic E-state index is 6.56. The second-order valence-electron chi connectivity index (χ2n) is 4.72. The summed E-state index contributed by atoms with van der Waals surface area (Å²) in [7, 11) is 0. The van der Waals surface area contributed by atoms with E-state index in [9.17, 15) is 0 Å². The third-order valence-corrected chi connectivity index (χ3v) is 5.30. The van der Waals surface area contributed by atoms with Crippen LogP contribution in [0.4, 0.5) is 0 Å². The highest BCUT2D eigenvalue weighted by molar-refractivity contribution is 7.12. The number of fused-ring (bicyclic) bond motifs is 1. The van der Waals surface area contributed by atoms with Crippen molar-refractivity contribution in [2.45, 2.75) is 31.6 Å². The third kappa shape index (κ3) is 2.14. The normalized spacial score (nSPS) is 15.9. The van der Waals surface area contributed by atoms with Crippen molar-refractivity contribution in [2.24, 2.45) is 0 Å². The number of alkyl halides is 1. The van der Waals surface area contributed by atoms with E-state index in [1.54, 1.807) is 4.88 Å². The first-order valence-corrected chi connectivity index (χ1v) is 7.31. The largest absolute Gasteiger partial charge is 0.143 e. The highest BCUT2D eigenvalue weighted by atomic mass is 35.5. The van der Waals surface area contributed by atoms with Gasteiger partial charge in [0, 0.05) is 9.75 Å². The molecule has 2 aromatic rings. The van der Waals surface area contributed by atoms with Gasteiger partial charge in [0.1, 0.15) is 0 Å². The van der Waals surface area contributed by atoms with E-state index in [2.05, 4.69) is 37.3 Å². The van der Waals surface area contributed by atoms with Gasteiger partial charge in [0.2, 0.25) is 0 Å². The first-order chi connectivity index (χ1) is 8.24. The molecule has 88 valence electrons. The van der Waals surface area contributed by atoms with Crippen molar-refractivity contribution in [1.82, 2.24) is 0 Å². The predicted molar refractivity (Wildman–Crippen MR) is 75.2 cm³/mol. The molecule has 0 fully saturated rings. The molecule has 1 aliphatic rings. The van der Waals surface area contributed by atoms with Gasteiger partial charge in [-0.2, -0.15) is 0 Å². The zero-order valence-electron chi connectivity index (χ0n) is 9.87. The highest BCUT2D eigenvalue weighted by Gasteiger charge is 2.19. The molecule has 0 N–H and O–H groups in total. The van der Waals surface area contributed by atoms with Crippen molar-refractivity contribution >= 4 is 22.9 Å². The Morgan fingerprint density at radius 3 is 2.65 bits per heavy atom. The molecule has 0 saturated carbocycles. The summed E-state index contributed by atoms with van der Waals surface area (Å²) in [4.78, 5) is 2.86. The molecule has 2 heteroatoms. The third-order valence-electron chi connectivity index (χ3n) is 3.39. The van der Waals surface area contributed by atoms with Gasteiger partial charge in [-0.05, 0) is 43.4 Å². The maximum Gasteiger partial charge on any atom is 0.0927 e. The summed E-state index contributed by atoms with van der Waals surface area (Å²) >= 11 is 8.46. The molecule has 0 amide bonds. The molecule has 0 saturated heterocycles. The Morgan fingerprint density at radius 1 is 1.18 bits per heavy atom. The van der Waals surface area contributed by atoms with Gasteiger partial charge in [-0.15, -0.1) is 22.9 Å². The van der Waals surface area contributed by atoms with Crippen molar-refractivity contribution in [1.29, 1.82) is 0 Å². The Balaban J connectivity index is 1.90. The Morgan fingerprint density at radius 2 is 1.94 bits per heavy atom. The molecule has 0 radical (unpaired) electrons. The quantitative estimate of drug-likeness (QED) is 0.677. The van der Waals surface area contributed by atoms with Crippen LogP contribution in [0.5, 0.6) is 0 Å². The fraction of sp³-hybridized carbons (Fsp3) is 0.333. The number of thiophene rings is 1. The van der Waals surface area contributed by atoms with E-state index in [4.69, 9.17) is 11.6 Å². The van der Waals surface area contributed by atoms with Crippen LogP contribution in [0.1, 0.15) is 38.2 Å². The summed E-state index contributed by atoms with van der Waals surface area (Å²) < 4.78 is 0. The van der Waals surface area contributed by atoms with Gasteiger partial charge in [-0.1, -0.05) is 29.8 Å². The maximum atomic E-state index is 6.56. The Bertz CT molecular complexity index is 503. The van der Waals surface area contributed by atoms with E-state index in [1.807, 2.05) is 11.3 Å². The number of hydrogen-bond donors (Lipinski definition) is 0. The summed E-state index contributed by atoms with van der Waals surface area (Å²) in [6, 6.07) is 10.8. The SMILES string of the molecule is Cc1ccc(C(Cl)c2cc3c(s2)CCC3)cc1. The number of hydrogen-bond acceptors (Lipinski definition) is 1. The summed E-state index contributed by atoms with van der Waals surface area (Å²) in [5, 5.41) is 0.0196. The number of aryl methyl sites for hydroxylation is 3. The van der Waals surface area contributed by atoms with Crippen molar-refractivity contribution in [3.8, 4) is 0 Å². The first-order valence-electron chi connectivity index (χ1n) is 6.06. The van der Waals surface area contributed by atoms with Crippen molar-refractivity contribution in [3.63, 3.8) is 0 Å². The minimum atomic E-state index is 0.0196. The van der Waals surface area contributed by atoms with Gasteiger partial charge < -0.3 is 0 Å². The molecule has 0 nitrogen and oxygen atoms in total. The molecule has 1 unspecified atom stereocenters. The van der Waals surface area contributed by atoms with Crippen LogP contribution >= 0.6 is 22.9 Å². The molecular weight excluding hydrogens is 248 g/mol. The molecule has 17 heavy (non-hydrogen) atoms. The zero-order valence-corrected chi connectivity index (χ0v) is 11.4. The van der Waals surface area contributed by atoms with E-state index in [-0.39, 0.29) is 5.38 Å². The lowest BCUT2D eigenvalue weighted by Gasteiger charge is -2.08. The molecule has 1 aliphatic carbocycles. The minimum absolute atomic E-state index is 0.0196. The monoisotopic (exact) mass is 262 g/mol. The van der Waals surface area contributed by atoms with E-state index >= 15 is 0 Å². The highest BCUT2D eigenvalue weighted by Crippen LogP contribution is 2.38. The van der Waals surface area contributed by atoms with Gasteiger partial charge in [-0.25, -0.2) is 0 Å². The van der Waals surface area contributed by atoms with Crippen LogP contribution in [0.3, 0.4) is 0 Å². The second kappa shape index (κ2) is 4.47. The Labute approximate surface area is 111 Å². The van der Waals surface area contributed by atoms with Gasteiger partial charge in [0.25, 0.3) is 0 Å². The van der Waals surface area contributed by atoms with Crippen molar-refractivity contribution < 1.29 is 0 Å². The van der Waals surface area contributed by atoms with E-state index in [0.717, 1.165) is 0 Å². The lowest BCUT2D eigenvalue weighted by Crippen LogP contribution is -1.90. The Kier molecular flexibility index (Phi) is 2.97. The van der Waals surface area contributed by atoms with E-state index in [0.29, 0.717) is 0 Å². The molecule has 3 rings (SSSR count). The summed E-state index contributed by atoms with van der Waals surface area (Å²) in [5.41, 5.74) is 4.02. The van der Waals surface area contributed by atoms with Crippen LogP contribution in [0.2, 0.25) is 0 Å². The fourth-order valence-electron chi connectivity index (χ4n) is 2.38. The molecule has 1 aromatic heterocycles. The molecule has 1 aromatic carbocycles. The minimum Gasteiger partial charge on any atom is -0.143 e. The van der Waals surface area contributed by atoms with Gasteiger partial charge in [0.15, 0.2) is 0 Å². The zero-order chi connectivity index (χ0) is 11.8. The van der Waals surface area contributed by atoms with Crippen LogP contribution in [0.15, 0.2) is 30.3 Å². The topological polar surface area (TPSA) is 0 Å². The molecule has 0 bridgehead atoms. The predicted octanol–water partition coefficient (Wildman–Crippen LogP) is 4.87. The number of benzene rings is 1. The average molecular weight is 263 g/mol. The fourth-order valence-corrected chi connectivity index (χ4v) is 3.98. The van der Waals surface area contributed by atoms with Gasteiger partial charge in [-0.3, -0.25) is 0 Å². The van der Waals surface area contributed by atoms with Crippen molar-refractivity contribution in [3.05, 3.63) is 56.8 Å². The van der Waals surface area contributed by atoms with Crippen molar-refractivity contribution in [2.75, 3.05) is 0 Å². The van der Waals surface area contributed by atoms with Crippen LogP contribution < -0.4 is 0 Å². The van der Waals surface area contributed by atoms with E-state index in [1.165, 1.54) is 40.8 Å². The van der Waals surface area contributed by atoms with Crippen LogP contribution in [0.25, 0.3) is 0 Å². The molecule has 1 atom stereocenters. The molecule has 0 spiro atoms. The van der Waals surface area contributed by atoms with E-state index < -0.39 is 0 Å². The van der Waals surface area contributed by atoms with Crippen LogP contribution in [0, 0.1) is 6.92 Å². The number of rotatable bonds is 2. The van der Waals surface area contributed by atoms with Gasteiger partial charge >= 0.3 is 0 Å². The number of halogens is 1. The lowest BCUT2D eigenvalue weighted by molar-refractivity contribution is 0.913. The molecule has 1 heterocycles. The second-order valence-corrected chi connectivity index (χ2v) is 6.33. The summed E-state index contributed by atoms with van der Waals surface area (Å²) in [5.74, 6) is 0. The van der Waals surface area contributed by atoms with Gasteiger partial charge in [0.05, 0.1) is 5.38 Å². The first kappa shape index (κ1) is 11.3. The average Bonchev–Trinajstić information content (AvgIpc) is 2.89. The summed E-state index contributed by atoms with van der Waals surface area (Å²) in [6.45, 7) is 2.10. The van der Waals surface area contributed by atoms with Crippen LogP contribution in [-0.2, 0) is 12.8 Å².